The molecule has 0 radical (unpaired) electrons. The number of rotatable bonds is 26. The number of ether oxygens (including phenoxy) is 2. The van der Waals surface area contributed by atoms with Gasteiger partial charge in [0, 0.05) is 63.6 Å². The van der Waals surface area contributed by atoms with Gasteiger partial charge in [-0.3, -0.25) is 9.59 Å². The molecule has 10 heteroatoms. The Morgan fingerprint density at radius 2 is 0.645 bits per heavy atom. The van der Waals surface area contributed by atoms with Crippen LogP contribution in [-0.2, 0) is 58.1 Å². The molecule has 0 aliphatic carbocycles. The summed E-state index contributed by atoms with van der Waals surface area (Å²) in [6, 6.07) is 76.6. The molecule has 0 fully saturated rings. The molecule has 0 unspecified atom stereocenters. The number of aliphatic hydroxyl groups is 2. The first kappa shape index (κ1) is 55.9. The van der Waals surface area contributed by atoms with Crippen molar-refractivity contribution in [3.05, 3.63) is 275 Å². The average molecular weight is 1020 g/mol. The minimum Gasteiger partial charge on any atom is -0.394 e. The monoisotopic (exact) mass is 1020 g/mol. The van der Waals surface area contributed by atoms with E-state index in [4.69, 9.17) is 9.47 Å². The summed E-state index contributed by atoms with van der Waals surface area (Å²) in [4.78, 5) is 30.9. The van der Waals surface area contributed by atoms with E-state index in [1.165, 1.54) is 22.3 Å². The van der Waals surface area contributed by atoms with Crippen LogP contribution >= 0.6 is 0 Å². The molecule has 4 atom stereocenters. The number of carbonyl (C=O) groups excluding carboxylic acids is 2. The van der Waals surface area contributed by atoms with Crippen molar-refractivity contribution in [3.8, 4) is 0 Å². The third-order valence-corrected chi connectivity index (χ3v) is 13.0. The summed E-state index contributed by atoms with van der Waals surface area (Å²) in [6.07, 6.45) is -0.393. The Kier molecular flexibility index (Phi) is 22.4. The van der Waals surface area contributed by atoms with Crippen LogP contribution < -0.4 is 20.4 Å². The van der Waals surface area contributed by atoms with Gasteiger partial charge in [-0.15, -0.1) is 0 Å². The van der Waals surface area contributed by atoms with Crippen LogP contribution in [0.15, 0.2) is 231 Å². The molecule has 0 spiro atoms. The van der Waals surface area contributed by atoms with Gasteiger partial charge in [0.25, 0.3) is 0 Å². The molecule has 8 aromatic rings. The summed E-state index contributed by atoms with van der Waals surface area (Å²) in [5, 5.41) is 25.6. The molecule has 8 aromatic carbocycles. The molecule has 76 heavy (non-hydrogen) atoms. The lowest BCUT2D eigenvalue weighted by Gasteiger charge is -2.26. The van der Waals surface area contributed by atoms with Gasteiger partial charge in [0.2, 0.25) is 11.8 Å². The topological polar surface area (TPSA) is 124 Å². The molecule has 0 aliphatic rings. The number of hydrogen-bond donors (Lipinski definition) is 4. The zero-order valence-electron chi connectivity index (χ0n) is 43.7. The molecule has 0 aromatic heterocycles. The first-order chi connectivity index (χ1) is 37.3. The van der Waals surface area contributed by atoms with Gasteiger partial charge < -0.3 is 40.1 Å². The molecule has 0 aliphatic heterocycles. The smallest absolute Gasteiger partial charge is 0.250 e. The molecular weight excluding hydrogens is 945 g/mol. The number of anilines is 2. The van der Waals surface area contributed by atoms with Gasteiger partial charge in [-0.25, -0.2) is 0 Å². The second kappa shape index (κ2) is 30.5. The summed E-state index contributed by atoms with van der Waals surface area (Å²) < 4.78 is 11.6. The van der Waals surface area contributed by atoms with E-state index in [1.54, 1.807) is 0 Å². The predicted octanol–water partition coefficient (Wildman–Crippen LogP) is 11.4. The zero-order chi connectivity index (χ0) is 53.2. The number of benzene rings is 8. The first-order valence-corrected chi connectivity index (χ1v) is 26.3. The van der Waals surface area contributed by atoms with Crippen molar-refractivity contribution >= 4 is 23.2 Å². The molecule has 0 heterocycles. The van der Waals surface area contributed by atoms with E-state index in [1.807, 2.05) is 98.8 Å². The van der Waals surface area contributed by atoms with Gasteiger partial charge in [0.1, 0.15) is 12.2 Å². The molecular formula is C66H72N4O6. The number of hydrogen-bond acceptors (Lipinski definition) is 8. The maximum absolute atomic E-state index is 13.1. The second-order valence-electron chi connectivity index (χ2n) is 18.6. The Hall–Kier alpha value is -7.86. The molecule has 4 N–H and O–H groups in total. The third-order valence-electron chi connectivity index (χ3n) is 13.0. The van der Waals surface area contributed by atoms with Crippen LogP contribution in [0.25, 0.3) is 0 Å². The summed E-state index contributed by atoms with van der Waals surface area (Å²) in [5.41, 5.74) is 11.0. The van der Waals surface area contributed by atoms with Crippen LogP contribution in [0.3, 0.4) is 0 Å². The van der Waals surface area contributed by atoms with Gasteiger partial charge in [-0.1, -0.05) is 206 Å². The van der Waals surface area contributed by atoms with E-state index in [2.05, 4.69) is 166 Å². The van der Waals surface area contributed by atoms with E-state index in [9.17, 15) is 19.8 Å². The van der Waals surface area contributed by atoms with Crippen molar-refractivity contribution in [2.75, 3.05) is 36.2 Å². The number of aliphatic hydroxyl groups excluding tert-OH is 2. The molecule has 0 saturated carbocycles. The Balaban J connectivity index is 0.000000221. The van der Waals surface area contributed by atoms with Crippen molar-refractivity contribution in [3.63, 3.8) is 0 Å². The largest absolute Gasteiger partial charge is 0.394 e. The highest BCUT2D eigenvalue weighted by Gasteiger charge is 2.25. The lowest BCUT2D eigenvalue weighted by Crippen LogP contribution is -2.41. The van der Waals surface area contributed by atoms with Gasteiger partial charge in [-0.2, -0.15) is 0 Å². The zero-order valence-corrected chi connectivity index (χ0v) is 43.7. The van der Waals surface area contributed by atoms with Crippen molar-refractivity contribution in [2.45, 2.75) is 77.2 Å². The Morgan fingerprint density at radius 3 is 0.895 bits per heavy atom. The van der Waals surface area contributed by atoms with Crippen LogP contribution in [0.4, 0.5) is 11.4 Å². The summed E-state index contributed by atoms with van der Waals surface area (Å²) in [6.45, 7) is 7.43. The fraction of sp³-hybridized carbons (Fsp3) is 0.242. The first-order valence-electron chi connectivity index (χ1n) is 26.3. The summed E-state index contributed by atoms with van der Waals surface area (Å²) in [7, 11) is 0. The fourth-order valence-electron chi connectivity index (χ4n) is 9.03. The Labute approximate surface area is 449 Å². The number of amides is 2. The van der Waals surface area contributed by atoms with Crippen LogP contribution in [0, 0.1) is 0 Å². The molecule has 2 amide bonds. The Morgan fingerprint density at radius 1 is 0.382 bits per heavy atom. The minimum atomic E-state index is -0.645. The highest BCUT2D eigenvalue weighted by Crippen LogP contribution is 2.25. The van der Waals surface area contributed by atoms with Crippen LogP contribution in [0.5, 0.6) is 0 Å². The maximum Gasteiger partial charge on any atom is 0.250 e. The number of nitrogens with one attached hydrogen (secondary N) is 2. The molecule has 0 bridgehead atoms. The second-order valence-corrected chi connectivity index (χ2v) is 18.6. The highest BCUT2D eigenvalue weighted by molar-refractivity contribution is 5.82. The van der Waals surface area contributed by atoms with E-state index in [-0.39, 0.29) is 25.0 Å². The molecule has 0 saturated heterocycles. The Bertz CT molecular complexity index is 2580. The van der Waals surface area contributed by atoms with Gasteiger partial charge >= 0.3 is 0 Å². The third kappa shape index (κ3) is 17.6. The lowest BCUT2D eigenvalue weighted by atomic mass is 10.0. The van der Waals surface area contributed by atoms with Crippen molar-refractivity contribution < 1.29 is 29.3 Å². The van der Waals surface area contributed by atoms with E-state index in [0.29, 0.717) is 26.1 Å². The standard InChI is InChI=1S/2C33H36N2O3/c2*1-2-38-32(33(37)34-31(25-36)29-16-10-5-11-17-29)22-26-18-20-30(21-19-26)35(23-27-12-6-3-7-13-27)24-28-14-8-4-9-15-28/h2*3-21,31-32,36H,2,22-25H2,1H3,(H,34,37)/t31-,32+;31-,32-/m11/s1. The van der Waals surface area contributed by atoms with E-state index < -0.39 is 24.3 Å². The number of carbonyl (C=O) groups is 2. The van der Waals surface area contributed by atoms with Crippen molar-refractivity contribution in [1.29, 1.82) is 0 Å². The molecule has 392 valence electrons. The molecule has 8 rings (SSSR count). The van der Waals surface area contributed by atoms with Crippen LogP contribution in [0.2, 0.25) is 0 Å². The van der Waals surface area contributed by atoms with E-state index >= 15 is 0 Å². The summed E-state index contributed by atoms with van der Waals surface area (Å²) in [5.74, 6) is -0.456. The van der Waals surface area contributed by atoms with Crippen LogP contribution in [-0.4, -0.2) is 60.7 Å². The van der Waals surface area contributed by atoms with Gasteiger partial charge in [-0.05, 0) is 82.6 Å². The van der Waals surface area contributed by atoms with E-state index in [0.717, 1.165) is 59.8 Å². The number of nitrogens with zero attached hydrogens (tertiary/aromatic N) is 2. The minimum absolute atomic E-state index is 0.179. The van der Waals surface area contributed by atoms with Crippen molar-refractivity contribution in [1.82, 2.24) is 10.6 Å². The predicted molar refractivity (Wildman–Crippen MR) is 305 cm³/mol. The van der Waals surface area contributed by atoms with Crippen molar-refractivity contribution in [2.24, 2.45) is 0 Å². The van der Waals surface area contributed by atoms with Gasteiger partial charge in [0.05, 0.1) is 25.3 Å². The summed E-state index contributed by atoms with van der Waals surface area (Å²) >= 11 is 0. The quantitative estimate of drug-likeness (QED) is 0.0423. The lowest BCUT2D eigenvalue weighted by molar-refractivity contribution is -0.134. The average Bonchev–Trinajstić information content (AvgIpc) is 3.47. The van der Waals surface area contributed by atoms with Gasteiger partial charge in [0.15, 0.2) is 0 Å². The molecule has 10 nitrogen and oxygen atoms in total. The SMILES string of the molecule is CCO[C@@H](Cc1ccc(N(Cc2ccccc2)Cc2ccccc2)cc1)C(=O)N[C@H](CO)c1ccccc1.CCO[C@H](Cc1ccc(N(Cc2ccccc2)Cc2ccccc2)cc1)C(=O)N[C@H](CO)c1ccccc1. The normalized spacial score (nSPS) is 12.5. The fourth-order valence-corrected chi connectivity index (χ4v) is 9.03. The highest BCUT2D eigenvalue weighted by atomic mass is 16.5. The maximum atomic E-state index is 13.1. The van der Waals surface area contributed by atoms with Crippen LogP contribution in [0.1, 0.15) is 70.4 Å².